The first-order valence-corrected chi connectivity index (χ1v) is 6.93. The number of hydrogen-bond donors (Lipinski definition) is 1. The largest absolute Gasteiger partial charge is 0.383 e. The molecule has 0 radical (unpaired) electrons. The number of amides is 1. The van der Waals surface area contributed by atoms with E-state index < -0.39 is 28.3 Å². The quantitative estimate of drug-likeness (QED) is 0.838. The first kappa shape index (κ1) is 17.4. The third-order valence-electron chi connectivity index (χ3n) is 2.45. The summed E-state index contributed by atoms with van der Waals surface area (Å²) in [5, 5.41) is 1.56. The van der Waals surface area contributed by atoms with Crippen molar-refractivity contribution in [2.75, 3.05) is 19.4 Å². The van der Waals surface area contributed by atoms with Crippen LogP contribution in [0.1, 0.15) is 0 Å². The van der Waals surface area contributed by atoms with Crippen molar-refractivity contribution in [2.24, 2.45) is 0 Å². The van der Waals surface area contributed by atoms with E-state index in [4.69, 9.17) is 0 Å². The third-order valence-corrected chi connectivity index (χ3v) is 4.26. The average Bonchev–Trinajstić information content (AvgIpc) is 2.38. The summed E-state index contributed by atoms with van der Waals surface area (Å²) in [5.41, 5.74) is -0.330. The number of carbonyl (C=O) groups excluding carboxylic acids is 1. The van der Waals surface area contributed by atoms with Gasteiger partial charge in [0.25, 0.3) is 0 Å². The van der Waals surface area contributed by atoms with E-state index in [0.29, 0.717) is 0 Å². The highest BCUT2D eigenvalue weighted by atomic mass is 32.2. The van der Waals surface area contributed by atoms with Crippen LogP contribution in [-0.2, 0) is 14.8 Å². The lowest BCUT2D eigenvalue weighted by Crippen LogP contribution is -2.41. The molecule has 0 fully saturated rings. The smallest absolute Gasteiger partial charge is 0.321 e. The second-order valence-corrected chi connectivity index (χ2v) is 6.34. The van der Waals surface area contributed by atoms with Crippen LogP contribution in [0.4, 0.5) is 23.2 Å². The van der Waals surface area contributed by atoms with Crippen LogP contribution in [0.15, 0.2) is 29.2 Å². The first-order chi connectivity index (χ1) is 9.49. The molecule has 21 heavy (non-hydrogen) atoms. The number of hydrogen-bond acceptors (Lipinski definition) is 3. The highest BCUT2D eigenvalue weighted by Gasteiger charge is 2.48. The zero-order valence-corrected chi connectivity index (χ0v) is 11.8. The molecule has 0 saturated carbocycles. The molecule has 0 spiro atoms. The summed E-state index contributed by atoms with van der Waals surface area (Å²) in [6, 6.07) is 4.37. The molecule has 1 aromatic carbocycles. The van der Waals surface area contributed by atoms with Crippen LogP contribution in [-0.4, -0.2) is 45.1 Å². The molecule has 10 heteroatoms. The van der Waals surface area contributed by atoms with Crippen LogP contribution in [0.25, 0.3) is 0 Å². The highest BCUT2D eigenvalue weighted by Crippen LogP contribution is 2.25. The SMILES string of the molecule is CN(C)S(=O)(=O)c1cccc(NC(=O)C(F)(F)C(F)F)c1. The van der Waals surface area contributed by atoms with Gasteiger partial charge in [-0.2, -0.15) is 8.78 Å². The van der Waals surface area contributed by atoms with Crippen LogP contribution in [0.2, 0.25) is 0 Å². The molecule has 1 rings (SSSR count). The van der Waals surface area contributed by atoms with Crippen molar-refractivity contribution in [3.05, 3.63) is 24.3 Å². The summed E-state index contributed by atoms with van der Waals surface area (Å²) < 4.78 is 74.2. The molecule has 1 aromatic rings. The molecular weight excluding hydrogens is 316 g/mol. The zero-order valence-electron chi connectivity index (χ0n) is 11.0. The molecular formula is C11H12F4N2O3S. The van der Waals surface area contributed by atoms with Gasteiger partial charge in [-0.05, 0) is 18.2 Å². The van der Waals surface area contributed by atoms with Crippen molar-refractivity contribution < 1.29 is 30.8 Å². The molecule has 118 valence electrons. The number of nitrogens with one attached hydrogen (secondary N) is 1. The Morgan fingerprint density at radius 2 is 1.86 bits per heavy atom. The summed E-state index contributed by atoms with van der Waals surface area (Å²) in [7, 11) is -1.33. The molecule has 0 atom stereocenters. The molecule has 0 aromatic heterocycles. The lowest BCUT2D eigenvalue weighted by molar-refractivity contribution is -0.163. The Kier molecular flexibility index (Phi) is 4.95. The number of benzene rings is 1. The summed E-state index contributed by atoms with van der Waals surface area (Å²) in [5.74, 6) is -7.08. The Morgan fingerprint density at radius 1 is 1.29 bits per heavy atom. The normalized spacial score (nSPS) is 12.8. The van der Waals surface area contributed by atoms with Gasteiger partial charge in [0, 0.05) is 19.8 Å². The third kappa shape index (κ3) is 3.70. The fraction of sp³-hybridized carbons (Fsp3) is 0.364. The van der Waals surface area contributed by atoms with Gasteiger partial charge in [0.15, 0.2) is 0 Å². The Morgan fingerprint density at radius 3 is 2.33 bits per heavy atom. The van der Waals surface area contributed by atoms with Crippen molar-refractivity contribution in [3.8, 4) is 0 Å². The lowest BCUT2D eigenvalue weighted by atomic mass is 10.3. The molecule has 0 bridgehead atoms. The van der Waals surface area contributed by atoms with E-state index in [9.17, 15) is 30.8 Å². The Bertz CT molecular complexity index is 632. The van der Waals surface area contributed by atoms with E-state index in [1.807, 2.05) is 0 Å². The standard InChI is InChI=1S/C11H12F4N2O3S/c1-17(2)21(19,20)8-5-3-4-7(6-8)16-10(18)11(14,15)9(12)13/h3-6,9H,1-2H3,(H,16,18). The molecule has 0 aliphatic carbocycles. The fourth-order valence-corrected chi connectivity index (χ4v) is 2.21. The highest BCUT2D eigenvalue weighted by molar-refractivity contribution is 7.89. The van der Waals surface area contributed by atoms with Crippen molar-refractivity contribution in [1.29, 1.82) is 0 Å². The van der Waals surface area contributed by atoms with Crippen molar-refractivity contribution in [1.82, 2.24) is 4.31 Å². The number of carbonyl (C=O) groups is 1. The molecule has 0 unspecified atom stereocenters. The molecule has 0 heterocycles. The summed E-state index contributed by atoms with van der Waals surface area (Å²) >= 11 is 0. The van der Waals surface area contributed by atoms with Crippen LogP contribution < -0.4 is 5.32 Å². The van der Waals surface area contributed by atoms with Gasteiger partial charge >= 0.3 is 18.3 Å². The van der Waals surface area contributed by atoms with E-state index in [1.165, 1.54) is 26.2 Å². The van der Waals surface area contributed by atoms with Gasteiger partial charge in [-0.25, -0.2) is 21.5 Å². The van der Waals surface area contributed by atoms with Crippen LogP contribution in [0.5, 0.6) is 0 Å². The molecule has 5 nitrogen and oxygen atoms in total. The molecule has 0 aliphatic rings. The number of sulfonamides is 1. The van der Waals surface area contributed by atoms with Crippen LogP contribution >= 0.6 is 0 Å². The number of anilines is 1. The molecule has 0 saturated heterocycles. The van der Waals surface area contributed by atoms with Crippen LogP contribution in [0.3, 0.4) is 0 Å². The van der Waals surface area contributed by atoms with Gasteiger partial charge in [0.1, 0.15) is 0 Å². The van der Waals surface area contributed by atoms with Crippen molar-refractivity contribution in [2.45, 2.75) is 17.2 Å². The lowest BCUT2D eigenvalue weighted by Gasteiger charge is -2.16. The van der Waals surface area contributed by atoms with Gasteiger partial charge in [0.05, 0.1) is 4.90 Å². The summed E-state index contributed by atoms with van der Waals surface area (Å²) in [6.07, 6.45) is -4.16. The van der Waals surface area contributed by atoms with E-state index in [-0.39, 0.29) is 10.6 Å². The van der Waals surface area contributed by atoms with Gasteiger partial charge in [-0.1, -0.05) is 6.07 Å². The number of nitrogens with zero attached hydrogens (tertiary/aromatic N) is 1. The number of rotatable bonds is 5. The molecule has 0 aliphatic heterocycles. The molecule has 1 N–H and O–H groups in total. The summed E-state index contributed by atoms with van der Waals surface area (Å²) in [6.45, 7) is 0. The minimum absolute atomic E-state index is 0.273. The maximum absolute atomic E-state index is 12.8. The maximum atomic E-state index is 12.8. The minimum atomic E-state index is -4.86. The average molecular weight is 328 g/mol. The Labute approximate surface area is 118 Å². The van der Waals surface area contributed by atoms with Crippen molar-refractivity contribution >= 4 is 21.6 Å². The maximum Gasteiger partial charge on any atom is 0.383 e. The Balaban J connectivity index is 3.06. The van der Waals surface area contributed by atoms with Gasteiger partial charge in [-0.3, -0.25) is 4.79 Å². The van der Waals surface area contributed by atoms with Crippen LogP contribution in [0, 0.1) is 0 Å². The Hall–Kier alpha value is -1.68. The second-order valence-electron chi connectivity index (χ2n) is 4.19. The van der Waals surface area contributed by atoms with E-state index in [2.05, 4.69) is 0 Å². The predicted molar refractivity (Wildman–Crippen MR) is 66.9 cm³/mol. The van der Waals surface area contributed by atoms with E-state index in [0.717, 1.165) is 16.4 Å². The number of alkyl halides is 4. The predicted octanol–water partition coefficient (Wildman–Crippen LogP) is 1.78. The fourth-order valence-electron chi connectivity index (χ4n) is 1.26. The number of halogens is 4. The zero-order chi connectivity index (χ0) is 16.4. The van der Waals surface area contributed by atoms with Gasteiger partial charge in [0.2, 0.25) is 10.0 Å². The topological polar surface area (TPSA) is 66.5 Å². The van der Waals surface area contributed by atoms with Gasteiger partial charge < -0.3 is 5.32 Å². The van der Waals surface area contributed by atoms with Crippen molar-refractivity contribution in [3.63, 3.8) is 0 Å². The summed E-state index contributed by atoms with van der Waals surface area (Å²) in [4.78, 5) is 10.8. The minimum Gasteiger partial charge on any atom is -0.321 e. The molecule has 1 amide bonds. The van der Waals surface area contributed by atoms with E-state index in [1.54, 1.807) is 5.32 Å². The first-order valence-electron chi connectivity index (χ1n) is 5.49. The van der Waals surface area contributed by atoms with Gasteiger partial charge in [-0.15, -0.1) is 0 Å². The second kappa shape index (κ2) is 5.98. The van der Waals surface area contributed by atoms with E-state index >= 15 is 0 Å². The monoisotopic (exact) mass is 328 g/mol.